The van der Waals surface area contributed by atoms with E-state index in [-0.39, 0.29) is 30.3 Å². The molecule has 158 valence electrons. The van der Waals surface area contributed by atoms with Crippen LogP contribution >= 0.6 is 23.7 Å². The summed E-state index contributed by atoms with van der Waals surface area (Å²) < 4.78 is 0. The van der Waals surface area contributed by atoms with E-state index < -0.39 is 0 Å². The Morgan fingerprint density at radius 3 is 2.72 bits per heavy atom. The number of hydrogen-bond acceptors (Lipinski definition) is 4. The van der Waals surface area contributed by atoms with Gasteiger partial charge < -0.3 is 16.4 Å². The summed E-state index contributed by atoms with van der Waals surface area (Å²) in [6, 6.07) is 11.4. The number of nitrogens with two attached hydrogens (primary N) is 1. The molecule has 0 saturated heterocycles. The molecule has 0 bridgehead atoms. The fraction of sp³-hybridized carbons (Fsp3) is 0.455. The fourth-order valence-corrected chi connectivity index (χ4v) is 4.52. The molecule has 5 nitrogen and oxygen atoms in total. The average molecular weight is 436 g/mol. The highest BCUT2D eigenvalue weighted by atomic mass is 35.5. The third-order valence-electron chi connectivity index (χ3n) is 5.34. The maximum Gasteiger partial charge on any atom is 0.251 e. The first-order chi connectivity index (χ1) is 13.7. The first kappa shape index (κ1) is 23.4. The molecule has 3 rings (SSSR count). The second kappa shape index (κ2) is 12.0. The minimum absolute atomic E-state index is 0. The average Bonchev–Trinajstić information content (AvgIpc) is 3.22. The Bertz CT molecular complexity index is 782. The summed E-state index contributed by atoms with van der Waals surface area (Å²) in [4.78, 5) is 26.1. The predicted molar refractivity (Wildman–Crippen MR) is 122 cm³/mol. The van der Waals surface area contributed by atoms with Crippen molar-refractivity contribution in [3.05, 3.63) is 52.2 Å². The van der Waals surface area contributed by atoms with Crippen molar-refractivity contribution in [3.8, 4) is 0 Å². The third-order valence-corrected chi connectivity index (χ3v) is 6.28. The van der Waals surface area contributed by atoms with Crippen LogP contribution in [0.3, 0.4) is 0 Å². The van der Waals surface area contributed by atoms with Crippen LogP contribution in [0.1, 0.15) is 53.8 Å². The summed E-state index contributed by atoms with van der Waals surface area (Å²) in [5.41, 5.74) is 7.09. The SMILES string of the molecule is Cl.NCC1CCCCC1NC(=O)c1cccc(NC(=O)CCCc2cccs2)c1. The van der Waals surface area contributed by atoms with Crippen LogP contribution in [0.5, 0.6) is 0 Å². The zero-order chi connectivity index (χ0) is 19.8. The van der Waals surface area contributed by atoms with Crippen molar-refractivity contribution in [2.45, 2.75) is 51.0 Å². The number of rotatable bonds is 8. The minimum atomic E-state index is -0.0980. The number of benzene rings is 1. The molecular weight excluding hydrogens is 406 g/mol. The number of nitrogens with one attached hydrogen (secondary N) is 2. The van der Waals surface area contributed by atoms with Crippen LogP contribution in [0.25, 0.3) is 0 Å². The molecule has 1 saturated carbocycles. The van der Waals surface area contributed by atoms with Crippen LogP contribution < -0.4 is 16.4 Å². The lowest BCUT2D eigenvalue weighted by atomic mass is 9.84. The van der Waals surface area contributed by atoms with E-state index in [2.05, 4.69) is 22.1 Å². The molecule has 4 N–H and O–H groups in total. The van der Waals surface area contributed by atoms with Gasteiger partial charge in [-0.2, -0.15) is 0 Å². The molecule has 1 fully saturated rings. The van der Waals surface area contributed by atoms with Crippen LogP contribution in [0.4, 0.5) is 5.69 Å². The highest BCUT2D eigenvalue weighted by Crippen LogP contribution is 2.24. The molecule has 1 aromatic heterocycles. The Kier molecular flexibility index (Phi) is 9.64. The van der Waals surface area contributed by atoms with Crippen molar-refractivity contribution in [1.29, 1.82) is 0 Å². The number of aryl methyl sites for hydroxylation is 1. The molecule has 2 amide bonds. The third kappa shape index (κ3) is 7.14. The lowest BCUT2D eigenvalue weighted by Crippen LogP contribution is -2.44. The van der Waals surface area contributed by atoms with E-state index in [1.807, 2.05) is 12.1 Å². The molecule has 1 aliphatic carbocycles. The Morgan fingerprint density at radius 1 is 1.14 bits per heavy atom. The zero-order valence-corrected chi connectivity index (χ0v) is 18.2. The molecule has 1 heterocycles. The number of thiophene rings is 1. The topological polar surface area (TPSA) is 84.2 Å². The largest absolute Gasteiger partial charge is 0.349 e. The number of amides is 2. The molecule has 29 heavy (non-hydrogen) atoms. The summed E-state index contributed by atoms with van der Waals surface area (Å²) in [5.74, 6) is 0.229. The fourth-order valence-electron chi connectivity index (χ4n) is 3.77. The van der Waals surface area contributed by atoms with Gasteiger partial charge in [0.2, 0.25) is 5.91 Å². The van der Waals surface area contributed by atoms with Gasteiger partial charge in [-0.3, -0.25) is 9.59 Å². The molecule has 0 spiro atoms. The normalized spacial score (nSPS) is 18.5. The highest BCUT2D eigenvalue weighted by Gasteiger charge is 2.25. The van der Waals surface area contributed by atoms with Gasteiger partial charge in [0.25, 0.3) is 5.91 Å². The molecule has 7 heteroatoms. The maximum atomic E-state index is 12.7. The van der Waals surface area contributed by atoms with E-state index in [9.17, 15) is 9.59 Å². The smallest absolute Gasteiger partial charge is 0.251 e. The Morgan fingerprint density at radius 2 is 1.97 bits per heavy atom. The Balaban J connectivity index is 0.00000300. The van der Waals surface area contributed by atoms with Gasteiger partial charge >= 0.3 is 0 Å². The van der Waals surface area contributed by atoms with Crippen molar-refractivity contribution in [3.63, 3.8) is 0 Å². The maximum absolute atomic E-state index is 12.7. The number of halogens is 1. The molecule has 0 radical (unpaired) electrons. The quantitative estimate of drug-likeness (QED) is 0.575. The molecule has 2 unspecified atom stereocenters. The Hall–Kier alpha value is -1.89. The van der Waals surface area contributed by atoms with E-state index >= 15 is 0 Å². The number of anilines is 1. The Labute approximate surface area is 182 Å². The summed E-state index contributed by atoms with van der Waals surface area (Å²) in [5, 5.41) is 8.09. The van der Waals surface area contributed by atoms with Gasteiger partial charge in [0.1, 0.15) is 0 Å². The second-order valence-corrected chi connectivity index (χ2v) is 8.45. The number of hydrogen-bond donors (Lipinski definition) is 3. The summed E-state index contributed by atoms with van der Waals surface area (Å²) in [6.45, 7) is 0.604. The van der Waals surface area contributed by atoms with Gasteiger partial charge in [-0.25, -0.2) is 0 Å². The number of carbonyl (C=O) groups is 2. The van der Waals surface area contributed by atoms with Gasteiger partial charge in [-0.05, 0) is 67.8 Å². The van der Waals surface area contributed by atoms with Crippen LogP contribution in [-0.2, 0) is 11.2 Å². The van der Waals surface area contributed by atoms with Crippen molar-refractivity contribution in [1.82, 2.24) is 5.32 Å². The van der Waals surface area contributed by atoms with Gasteiger partial charge in [-0.15, -0.1) is 23.7 Å². The molecule has 1 aliphatic rings. The molecule has 0 aliphatic heterocycles. The van der Waals surface area contributed by atoms with Crippen molar-refractivity contribution in [2.75, 3.05) is 11.9 Å². The van der Waals surface area contributed by atoms with Crippen LogP contribution in [0.2, 0.25) is 0 Å². The standard InChI is InChI=1S/C22H29N3O2S.ClH/c23-15-17-6-1-2-11-20(17)25-22(27)16-7-3-8-18(14-16)24-21(26)12-4-9-19-10-5-13-28-19;/h3,5,7-8,10,13-14,17,20H,1-2,4,6,9,11-12,15,23H2,(H,24,26)(H,25,27);1H. The summed E-state index contributed by atoms with van der Waals surface area (Å²) in [6.07, 6.45) is 6.56. The van der Waals surface area contributed by atoms with Crippen molar-refractivity contribution < 1.29 is 9.59 Å². The monoisotopic (exact) mass is 435 g/mol. The van der Waals surface area contributed by atoms with Crippen molar-refractivity contribution in [2.24, 2.45) is 11.7 Å². The molecule has 2 atom stereocenters. The summed E-state index contributed by atoms with van der Waals surface area (Å²) >= 11 is 1.72. The van der Waals surface area contributed by atoms with Crippen molar-refractivity contribution >= 4 is 41.2 Å². The van der Waals surface area contributed by atoms with E-state index in [4.69, 9.17) is 5.73 Å². The number of carbonyl (C=O) groups excluding carboxylic acids is 2. The van der Waals surface area contributed by atoms with Gasteiger partial charge in [0.05, 0.1) is 0 Å². The van der Waals surface area contributed by atoms with Crippen LogP contribution in [0, 0.1) is 5.92 Å². The van der Waals surface area contributed by atoms with E-state index in [0.29, 0.717) is 30.1 Å². The van der Waals surface area contributed by atoms with Gasteiger partial charge in [-0.1, -0.05) is 25.0 Å². The zero-order valence-electron chi connectivity index (χ0n) is 16.6. The van der Waals surface area contributed by atoms with Crippen LogP contribution in [0.15, 0.2) is 41.8 Å². The first-order valence-electron chi connectivity index (χ1n) is 10.1. The molecule has 2 aromatic rings. The lowest BCUT2D eigenvalue weighted by Gasteiger charge is -2.31. The first-order valence-corrected chi connectivity index (χ1v) is 11.0. The van der Waals surface area contributed by atoms with E-state index in [1.54, 1.807) is 29.5 Å². The highest BCUT2D eigenvalue weighted by molar-refractivity contribution is 7.09. The summed E-state index contributed by atoms with van der Waals surface area (Å²) in [7, 11) is 0. The van der Waals surface area contributed by atoms with E-state index in [0.717, 1.165) is 32.1 Å². The van der Waals surface area contributed by atoms with Crippen LogP contribution in [-0.4, -0.2) is 24.4 Å². The lowest BCUT2D eigenvalue weighted by molar-refractivity contribution is -0.116. The molecular formula is C22H30ClN3O2S. The minimum Gasteiger partial charge on any atom is -0.349 e. The van der Waals surface area contributed by atoms with E-state index in [1.165, 1.54) is 11.3 Å². The van der Waals surface area contributed by atoms with Gasteiger partial charge in [0, 0.05) is 28.6 Å². The predicted octanol–water partition coefficient (Wildman–Crippen LogP) is 4.38. The second-order valence-electron chi connectivity index (χ2n) is 7.42. The van der Waals surface area contributed by atoms with Gasteiger partial charge in [0.15, 0.2) is 0 Å². The molecule has 1 aromatic carbocycles.